The fraction of sp³-hybridized carbons (Fsp3) is 0. The standard InChI is InChI=1S/C11H7N5O2S/c12-4-8-1-2-10(3-9(8)5-13)16-19(17,18)11-6-14-15-7-11/h1-3,6-7,16H,(H,14,15). The normalized spacial score (nSPS) is 10.4. The first kappa shape index (κ1) is 12.6. The Labute approximate surface area is 109 Å². The molecule has 0 spiro atoms. The second-order valence-electron chi connectivity index (χ2n) is 3.52. The molecular formula is C11H7N5O2S. The van der Waals surface area contributed by atoms with E-state index in [0.29, 0.717) is 0 Å². The molecule has 0 radical (unpaired) electrons. The molecule has 2 N–H and O–H groups in total. The van der Waals surface area contributed by atoms with E-state index in [0.717, 1.165) is 6.20 Å². The maximum atomic E-state index is 11.9. The molecule has 7 nitrogen and oxygen atoms in total. The second-order valence-corrected chi connectivity index (χ2v) is 5.21. The minimum atomic E-state index is -3.75. The Morgan fingerprint density at radius 3 is 2.53 bits per heavy atom. The van der Waals surface area contributed by atoms with Crippen LogP contribution in [-0.4, -0.2) is 18.6 Å². The zero-order chi connectivity index (χ0) is 13.9. The summed E-state index contributed by atoms with van der Waals surface area (Å²) in [6, 6.07) is 7.78. The average Bonchev–Trinajstić information content (AvgIpc) is 2.93. The summed E-state index contributed by atoms with van der Waals surface area (Å²) in [5.74, 6) is 0. The van der Waals surface area contributed by atoms with Gasteiger partial charge in [0, 0.05) is 6.20 Å². The van der Waals surface area contributed by atoms with Gasteiger partial charge < -0.3 is 0 Å². The van der Waals surface area contributed by atoms with Gasteiger partial charge in [-0.2, -0.15) is 15.6 Å². The monoisotopic (exact) mass is 273 g/mol. The van der Waals surface area contributed by atoms with Crippen molar-refractivity contribution in [3.05, 3.63) is 41.7 Å². The van der Waals surface area contributed by atoms with Crippen molar-refractivity contribution in [2.75, 3.05) is 4.72 Å². The number of rotatable bonds is 3. The lowest BCUT2D eigenvalue weighted by molar-refractivity contribution is 0.601. The van der Waals surface area contributed by atoms with Crippen molar-refractivity contribution in [3.8, 4) is 12.1 Å². The van der Waals surface area contributed by atoms with Gasteiger partial charge in [0.25, 0.3) is 10.0 Å². The number of nitrogens with one attached hydrogen (secondary N) is 2. The summed E-state index contributed by atoms with van der Waals surface area (Å²) in [5, 5.41) is 23.6. The van der Waals surface area contributed by atoms with Crippen molar-refractivity contribution in [2.24, 2.45) is 0 Å². The van der Waals surface area contributed by atoms with Crippen LogP contribution in [0.15, 0.2) is 35.5 Å². The van der Waals surface area contributed by atoms with Gasteiger partial charge in [0.05, 0.1) is 23.0 Å². The fourth-order valence-electron chi connectivity index (χ4n) is 1.40. The van der Waals surface area contributed by atoms with Gasteiger partial charge in [-0.3, -0.25) is 9.82 Å². The molecule has 0 atom stereocenters. The van der Waals surface area contributed by atoms with Crippen molar-refractivity contribution >= 4 is 15.7 Å². The first-order valence-electron chi connectivity index (χ1n) is 5.02. The Morgan fingerprint density at radius 1 is 1.21 bits per heavy atom. The van der Waals surface area contributed by atoms with Gasteiger partial charge in [0.15, 0.2) is 0 Å². The van der Waals surface area contributed by atoms with E-state index in [1.54, 1.807) is 0 Å². The lowest BCUT2D eigenvalue weighted by Gasteiger charge is -2.06. The van der Waals surface area contributed by atoms with E-state index in [1.807, 2.05) is 12.1 Å². The molecule has 0 aliphatic rings. The molecule has 1 aromatic carbocycles. The number of H-pyrrole nitrogens is 1. The Morgan fingerprint density at radius 2 is 1.95 bits per heavy atom. The summed E-state index contributed by atoms with van der Waals surface area (Å²) in [6.07, 6.45) is 2.40. The Balaban J connectivity index is 2.36. The molecule has 0 saturated carbocycles. The van der Waals surface area contributed by atoms with E-state index in [1.165, 1.54) is 24.4 Å². The van der Waals surface area contributed by atoms with Crippen LogP contribution in [0.4, 0.5) is 5.69 Å². The van der Waals surface area contributed by atoms with Crippen molar-refractivity contribution in [1.29, 1.82) is 10.5 Å². The molecule has 94 valence electrons. The number of hydrogen-bond donors (Lipinski definition) is 2. The first-order chi connectivity index (χ1) is 9.06. The summed E-state index contributed by atoms with van der Waals surface area (Å²) >= 11 is 0. The van der Waals surface area contributed by atoms with Crippen LogP contribution in [0.2, 0.25) is 0 Å². The van der Waals surface area contributed by atoms with Gasteiger partial charge in [-0.05, 0) is 18.2 Å². The van der Waals surface area contributed by atoms with Gasteiger partial charge in [-0.15, -0.1) is 0 Å². The third-order valence-electron chi connectivity index (χ3n) is 2.30. The number of aromatic amines is 1. The Hall–Kier alpha value is -2.84. The minimum Gasteiger partial charge on any atom is -0.284 e. The van der Waals surface area contributed by atoms with Crippen LogP contribution in [0.3, 0.4) is 0 Å². The number of sulfonamides is 1. The molecule has 0 unspecified atom stereocenters. The number of anilines is 1. The average molecular weight is 273 g/mol. The molecule has 2 aromatic rings. The molecule has 0 fully saturated rings. The smallest absolute Gasteiger partial charge is 0.265 e. The van der Waals surface area contributed by atoms with Crippen LogP contribution in [-0.2, 0) is 10.0 Å². The summed E-state index contributed by atoms with van der Waals surface area (Å²) in [4.78, 5) is -0.0182. The van der Waals surface area contributed by atoms with E-state index < -0.39 is 10.0 Å². The summed E-state index contributed by atoms with van der Waals surface area (Å²) in [7, 11) is -3.75. The van der Waals surface area contributed by atoms with Crippen LogP contribution in [0.25, 0.3) is 0 Å². The fourth-order valence-corrected chi connectivity index (χ4v) is 2.35. The van der Waals surface area contributed by atoms with Crippen LogP contribution in [0, 0.1) is 22.7 Å². The zero-order valence-corrected chi connectivity index (χ0v) is 10.3. The van der Waals surface area contributed by atoms with Crippen LogP contribution < -0.4 is 4.72 Å². The number of nitrogens with zero attached hydrogens (tertiary/aromatic N) is 3. The lowest BCUT2D eigenvalue weighted by Crippen LogP contribution is -2.12. The third kappa shape index (κ3) is 2.54. The molecule has 0 aliphatic carbocycles. The maximum absolute atomic E-state index is 11.9. The molecule has 8 heteroatoms. The zero-order valence-electron chi connectivity index (χ0n) is 9.45. The Bertz CT molecular complexity index is 781. The second kappa shape index (κ2) is 4.80. The third-order valence-corrected chi connectivity index (χ3v) is 3.64. The quantitative estimate of drug-likeness (QED) is 0.862. The molecule has 1 aromatic heterocycles. The van der Waals surface area contributed by atoms with Crippen molar-refractivity contribution in [1.82, 2.24) is 10.2 Å². The molecular weight excluding hydrogens is 266 g/mol. The van der Waals surface area contributed by atoms with E-state index in [9.17, 15) is 8.42 Å². The van der Waals surface area contributed by atoms with Crippen molar-refractivity contribution < 1.29 is 8.42 Å². The lowest BCUT2D eigenvalue weighted by atomic mass is 10.1. The molecule has 0 bridgehead atoms. The highest BCUT2D eigenvalue weighted by atomic mass is 32.2. The van der Waals surface area contributed by atoms with Gasteiger partial charge >= 0.3 is 0 Å². The number of aromatic nitrogens is 2. The molecule has 0 saturated heterocycles. The highest BCUT2D eigenvalue weighted by molar-refractivity contribution is 7.92. The summed E-state index contributed by atoms with van der Waals surface area (Å²) < 4.78 is 26.1. The van der Waals surface area contributed by atoms with E-state index in [-0.39, 0.29) is 21.7 Å². The minimum absolute atomic E-state index is 0.0182. The topological polar surface area (TPSA) is 122 Å². The number of nitriles is 2. The highest BCUT2D eigenvalue weighted by Gasteiger charge is 2.15. The summed E-state index contributed by atoms with van der Waals surface area (Å²) in [6.45, 7) is 0. The van der Waals surface area contributed by atoms with Crippen LogP contribution in [0.1, 0.15) is 11.1 Å². The van der Waals surface area contributed by atoms with E-state index in [2.05, 4.69) is 14.9 Å². The summed E-state index contributed by atoms with van der Waals surface area (Å²) in [5.41, 5.74) is 0.500. The largest absolute Gasteiger partial charge is 0.284 e. The first-order valence-corrected chi connectivity index (χ1v) is 6.51. The molecule has 0 aliphatic heterocycles. The van der Waals surface area contributed by atoms with Gasteiger partial charge in [0.1, 0.15) is 17.0 Å². The van der Waals surface area contributed by atoms with Gasteiger partial charge in [-0.1, -0.05) is 0 Å². The molecule has 1 heterocycles. The van der Waals surface area contributed by atoms with Crippen molar-refractivity contribution in [2.45, 2.75) is 4.90 Å². The SMILES string of the molecule is N#Cc1ccc(NS(=O)(=O)c2cn[nH]c2)cc1C#N. The maximum Gasteiger partial charge on any atom is 0.265 e. The number of hydrogen-bond acceptors (Lipinski definition) is 5. The van der Waals surface area contributed by atoms with Gasteiger partial charge in [-0.25, -0.2) is 8.42 Å². The molecule has 0 amide bonds. The number of benzene rings is 1. The van der Waals surface area contributed by atoms with Crippen LogP contribution in [0.5, 0.6) is 0 Å². The molecule has 2 rings (SSSR count). The van der Waals surface area contributed by atoms with Gasteiger partial charge in [0.2, 0.25) is 0 Å². The highest BCUT2D eigenvalue weighted by Crippen LogP contribution is 2.18. The van der Waals surface area contributed by atoms with E-state index >= 15 is 0 Å². The predicted octanol–water partition coefficient (Wildman–Crippen LogP) is 0.954. The molecule has 19 heavy (non-hydrogen) atoms. The van der Waals surface area contributed by atoms with E-state index in [4.69, 9.17) is 10.5 Å². The van der Waals surface area contributed by atoms with Crippen molar-refractivity contribution in [3.63, 3.8) is 0 Å². The Kier molecular flexibility index (Phi) is 3.19. The predicted molar refractivity (Wildman–Crippen MR) is 65.3 cm³/mol. The van der Waals surface area contributed by atoms with Crippen LogP contribution >= 0.6 is 0 Å².